The number of nitriles is 1. The standard InChI is InChI=1S/C10H8BrNO2/c11-9-3-7(1-2-12)10-8(4-9)5-13-6-14-10/h3-4H,1,5-6H2. The third-order valence-electron chi connectivity index (χ3n) is 2.02. The molecule has 0 fully saturated rings. The van der Waals surface area contributed by atoms with Crippen LogP contribution in [0.4, 0.5) is 0 Å². The van der Waals surface area contributed by atoms with E-state index >= 15 is 0 Å². The van der Waals surface area contributed by atoms with Crippen LogP contribution in [0.25, 0.3) is 0 Å². The average molecular weight is 254 g/mol. The molecule has 72 valence electrons. The summed E-state index contributed by atoms with van der Waals surface area (Å²) in [5, 5.41) is 8.66. The summed E-state index contributed by atoms with van der Waals surface area (Å²) in [6.07, 6.45) is 0.363. The summed E-state index contributed by atoms with van der Waals surface area (Å²) in [5.41, 5.74) is 1.91. The number of benzene rings is 1. The van der Waals surface area contributed by atoms with Gasteiger partial charge in [-0.2, -0.15) is 5.26 Å². The van der Waals surface area contributed by atoms with Crippen LogP contribution in [0.3, 0.4) is 0 Å². The molecule has 4 heteroatoms. The Labute approximate surface area is 90.4 Å². The molecule has 0 aliphatic carbocycles. The van der Waals surface area contributed by atoms with Gasteiger partial charge >= 0.3 is 0 Å². The van der Waals surface area contributed by atoms with Crippen LogP contribution >= 0.6 is 15.9 Å². The number of hydrogen-bond donors (Lipinski definition) is 0. The van der Waals surface area contributed by atoms with Crippen molar-refractivity contribution in [3.8, 4) is 11.8 Å². The molecule has 1 aliphatic heterocycles. The minimum Gasteiger partial charge on any atom is -0.467 e. The monoisotopic (exact) mass is 253 g/mol. The third kappa shape index (κ3) is 1.74. The molecule has 0 amide bonds. The van der Waals surface area contributed by atoms with Crippen molar-refractivity contribution in [1.82, 2.24) is 0 Å². The first kappa shape index (κ1) is 9.50. The summed E-state index contributed by atoms with van der Waals surface area (Å²) in [5.74, 6) is 0.806. The predicted octanol–water partition coefficient (Wildman–Crippen LogP) is 2.38. The van der Waals surface area contributed by atoms with Gasteiger partial charge < -0.3 is 9.47 Å². The van der Waals surface area contributed by atoms with E-state index in [9.17, 15) is 0 Å². The molecule has 0 spiro atoms. The quantitative estimate of drug-likeness (QED) is 0.772. The number of halogens is 1. The van der Waals surface area contributed by atoms with Gasteiger partial charge in [0.25, 0.3) is 0 Å². The fourth-order valence-corrected chi connectivity index (χ4v) is 2.03. The van der Waals surface area contributed by atoms with Crippen molar-refractivity contribution in [2.24, 2.45) is 0 Å². The minimum atomic E-state index is 0.271. The Morgan fingerprint density at radius 2 is 2.36 bits per heavy atom. The minimum absolute atomic E-state index is 0.271. The Morgan fingerprint density at radius 1 is 1.50 bits per heavy atom. The second kappa shape index (κ2) is 3.99. The second-order valence-electron chi connectivity index (χ2n) is 3.00. The van der Waals surface area contributed by atoms with Crippen molar-refractivity contribution in [3.63, 3.8) is 0 Å². The maximum atomic E-state index is 8.66. The van der Waals surface area contributed by atoms with Gasteiger partial charge in [-0.05, 0) is 12.1 Å². The molecule has 1 aromatic carbocycles. The van der Waals surface area contributed by atoms with E-state index in [2.05, 4.69) is 22.0 Å². The summed E-state index contributed by atoms with van der Waals surface area (Å²) < 4.78 is 11.5. The molecular weight excluding hydrogens is 246 g/mol. The SMILES string of the molecule is N#CCc1cc(Br)cc2c1OCOC2. The van der Waals surface area contributed by atoms with E-state index in [1.807, 2.05) is 12.1 Å². The Kier molecular flexibility index (Phi) is 2.71. The second-order valence-corrected chi connectivity index (χ2v) is 3.91. The maximum absolute atomic E-state index is 8.66. The zero-order chi connectivity index (χ0) is 9.97. The van der Waals surface area contributed by atoms with Gasteiger partial charge in [0.05, 0.1) is 19.1 Å². The average Bonchev–Trinajstić information content (AvgIpc) is 2.18. The van der Waals surface area contributed by atoms with Crippen molar-refractivity contribution in [3.05, 3.63) is 27.7 Å². The van der Waals surface area contributed by atoms with Crippen LogP contribution in [0.1, 0.15) is 11.1 Å². The van der Waals surface area contributed by atoms with E-state index in [-0.39, 0.29) is 6.79 Å². The molecule has 0 saturated carbocycles. The van der Waals surface area contributed by atoms with E-state index < -0.39 is 0 Å². The van der Waals surface area contributed by atoms with Gasteiger partial charge in [0.2, 0.25) is 0 Å². The van der Waals surface area contributed by atoms with Crippen LogP contribution in [-0.4, -0.2) is 6.79 Å². The number of fused-ring (bicyclic) bond motifs is 1. The number of rotatable bonds is 1. The van der Waals surface area contributed by atoms with Crippen LogP contribution in [0.5, 0.6) is 5.75 Å². The maximum Gasteiger partial charge on any atom is 0.189 e. The molecule has 14 heavy (non-hydrogen) atoms. The lowest BCUT2D eigenvalue weighted by Crippen LogP contribution is -2.13. The molecule has 2 rings (SSSR count). The highest BCUT2D eigenvalue weighted by molar-refractivity contribution is 9.10. The Bertz CT molecular complexity index is 398. The van der Waals surface area contributed by atoms with Crippen LogP contribution in [0.2, 0.25) is 0 Å². The zero-order valence-electron chi connectivity index (χ0n) is 7.42. The van der Waals surface area contributed by atoms with E-state index in [1.54, 1.807) is 0 Å². The van der Waals surface area contributed by atoms with Gasteiger partial charge in [0.15, 0.2) is 6.79 Å². The zero-order valence-corrected chi connectivity index (χ0v) is 9.00. The van der Waals surface area contributed by atoms with Crippen molar-refractivity contribution in [1.29, 1.82) is 5.26 Å². The summed E-state index contributed by atoms with van der Waals surface area (Å²) in [7, 11) is 0. The number of ether oxygens (including phenoxy) is 2. The fourth-order valence-electron chi connectivity index (χ4n) is 1.47. The normalized spacial score (nSPS) is 14.0. The van der Waals surface area contributed by atoms with Gasteiger partial charge in [0.1, 0.15) is 5.75 Å². The number of hydrogen-bond acceptors (Lipinski definition) is 3. The van der Waals surface area contributed by atoms with E-state index in [1.165, 1.54) is 0 Å². The van der Waals surface area contributed by atoms with Gasteiger partial charge in [-0.3, -0.25) is 0 Å². The summed E-state index contributed by atoms with van der Waals surface area (Å²) in [6.45, 7) is 0.820. The van der Waals surface area contributed by atoms with Crippen LogP contribution in [0.15, 0.2) is 16.6 Å². The molecule has 1 aromatic rings. The molecule has 1 aliphatic rings. The van der Waals surface area contributed by atoms with Crippen molar-refractivity contribution < 1.29 is 9.47 Å². The predicted molar refractivity (Wildman–Crippen MR) is 53.7 cm³/mol. The first-order valence-electron chi connectivity index (χ1n) is 4.20. The topological polar surface area (TPSA) is 42.2 Å². The fraction of sp³-hybridized carbons (Fsp3) is 0.300. The first-order chi connectivity index (χ1) is 6.81. The van der Waals surface area contributed by atoms with Gasteiger partial charge in [-0.1, -0.05) is 15.9 Å². The Balaban J connectivity index is 2.48. The van der Waals surface area contributed by atoms with E-state index in [0.717, 1.165) is 21.3 Å². The highest BCUT2D eigenvalue weighted by Crippen LogP contribution is 2.31. The van der Waals surface area contributed by atoms with E-state index in [4.69, 9.17) is 14.7 Å². The molecule has 0 N–H and O–H groups in total. The lowest BCUT2D eigenvalue weighted by atomic mass is 10.1. The smallest absolute Gasteiger partial charge is 0.189 e. The van der Waals surface area contributed by atoms with Crippen LogP contribution < -0.4 is 4.74 Å². The summed E-state index contributed by atoms with van der Waals surface area (Å²) >= 11 is 3.39. The lowest BCUT2D eigenvalue weighted by Gasteiger charge is -2.20. The first-order valence-corrected chi connectivity index (χ1v) is 4.99. The molecule has 0 aromatic heterocycles. The van der Waals surface area contributed by atoms with Crippen LogP contribution in [0, 0.1) is 11.3 Å². The molecule has 1 heterocycles. The van der Waals surface area contributed by atoms with Crippen LogP contribution in [-0.2, 0) is 17.8 Å². The summed E-state index contributed by atoms with van der Waals surface area (Å²) in [4.78, 5) is 0. The molecule has 3 nitrogen and oxygen atoms in total. The van der Waals surface area contributed by atoms with E-state index in [0.29, 0.717) is 13.0 Å². The Hall–Kier alpha value is -1.05. The third-order valence-corrected chi connectivity index (χ3v) is 2.48. The Morgan fingerprint density at radius 3 is 3.14 bits per heavy atom. The molecule has 0 saturated heterocycles. The lowest BCUT2D eigenvalue weighted by molar-refractivity contribution is -0.0169. The summed E-state index contributed by atoms with van der Waals surface area (Å²) in [6, 6.07) is 5.98. The van der Waals surface area contributed by atoms with Gasteiger partial charge in [-0.25, -0.2) is 0 Å². The molecular formula is C10H8BrNO2. The van der Waals surface area contributed by atoms with Crippen molar-refractivity contribution in [2.75, 3.05) is 6.79 Å². The van der Waals surface area contributed by atoms with Gasteiger partial charge in [-0.15, -0.1) is 0 Å². The highest BCUT2D eigenvalue weighted by atomic mass is 79.9. The molecule has 0 unspecified atom stereocenters. The molecule has 0 atom stereocenters. The largest absolute Gasteiger partial charge is 0.467 e. The van der Waals surface area contributed by atoms with Crippen molar-refractivity contribution in [2.45, 2.75) is 13.0 Å². The number of nitrogens with zero attached hydrogens (tertiary/aromatic N) is 1. The van der Waals surface area contributed by atoms with Crippen molar-refractivity contribution >= 4 is 15.9 Å². The molecule has 0 radical (unpaired) electrons. The molecule has 0 bridgehead atoms. The van der Waals surface area contributed by atoms with Gasteiger partial charge in [0, 0.05) is 15.6 Å². The highest BCUT2D eigenvalue weighted by Gasteiger charge is 2.15.